The minimum atomic E-state index is -0.592. The van der Waals surface area contributed by atoms with Crippen molar-refractivity contribution in [3.8, 4) is 5.75 Å². The Bertz CT molecular complexity index is 495. The molecule has 0 atom stereocenters. The van der Waals surface area contributed by atoms with Crippen LogP contribution in [0.2, 0.25) is 5.02 Å². The molecule has 0 saturated heterocycles. The van der Waals surface area contributed by atoms with Gasteiger partial charge in [-0.2, -0.15) is 0 Å². The summed E-state index contributed by atoms with van der Waals surface area (Å²) in [5, 5.41) is 0.410. The number of methoxy groups -OCH3 is 1. The Morgan fingerprint density at radius 1 is 1.21 bits per heavy atom. The Balaban J connectivity index is 2.79. The van der Waals surface area contributed by atoms with Crippen molar-refractivity contribution in [1.82, 2.24) is 10.9 Å². The number of hydrogen-bond acceptors (Lipinski definition) is 3. The first kappa shape index (κ1) is 15.3. The molecule has 0 saturated carbocycles. The average molecular weight is 285 g/mol. The van der Waals surface area contributed by atoms with E-state index in [0.717, 1.165) is 0 Å². The molecule has 2 amide bonds. The minimum Gasteiger partial charge on any atom is -0.496 e. The summed E-state index contributed by atoms with van der Waals surface area (Å²) in [5.74, 6) is -0.397. The molecule has 0 heterocycles. The summed E-state index contributed by atoms with van der Waals surface area (Å²) >= 11 is 5.83. The summed E-state index contributed by atoms with van der Waals surface area (Å²) in [6, 6.07) is 4.67. The highest BCUT2D eigenvalue weighted by Gasteiger charge is 2.22. The van der Waals surface area contributed by atoms with E-state index in [2.05, 4.69) is 10.9 Å². The Hall–Kier alpha value is -1.75. The first-order valence-corrected chi connectivity index (χ1v) is 6.08. The highest BCUT2D eigenvalue weighted by molar-refractivity contribution is 6.31. The highest BCUT2D eigenvalue weighted by Crippen LogP contribution is 2.22. The molecule has 1 rings (SSSR count). The van der Waals surface area contributed by atoms with Crippen LogP contribution in [0.5, 0.6) is 5.75 Å². The van der Waals surface area contributed by atoms with Crippen LogP contribution in [0.3, 0.4) is 0 Å². The van der Waals surface area contributed by atoms with E-state index >= 15 is 0 Å². The van der Waals surface area contributed by atoms with Gasteiger partial charge in [0.05, 0.1) is 12.7 Å². The maximum Gasteiger partial charge on any atom is 0.273 e. The predicted octanol–water partition coefficient (Wildman–Crippen LogP) is 2.16. The van der Waals surface area contributed by atoms with Crippen LogP contribution < -0.4 is 15.6 Å². The van der Waals surface area contributed by atoms with Crippen LogP contribution in [0.4, 0.5) is 0 Å². The van der Waals surface area contributed by atoms with Gasteiger partial charge in [-0.05, 0) is 18.2 Å². The number of carbonyl (C=O) groups excluding carboxylic acids is 2. The molecule has 0 aliphatic rings. The van der Waals surface area contributed by atoms with E-state index in [1.807, 2.05) is 0 Å². The van der Waals surface area contributed by atoms with Crippen LogP contribution in [0.15, 0.2) is 18.2 Å². The van der Waals surface area contributed by atoms with E-state index in [4.69, 9.17) is 16.3 Å². The lowest BCUT2D eigenvalue weighted by Crippen LogP contribution is -2.46. The summed E-state index contributed by atoms with van der Waals surface area (Å²) in [6.45, 7) is 5.23. The van der Waals surface area contributed by atoms with E-state index in [9.17, 15) is 9.59 Å². The third-order valence-electron chi connectivity index (χ3n) is 2.38. The van der Waals surface area contributed by atoms with Gasteiger partial charge in [-0.15, -0.1) is 0 Å². The first-order valence-electron chi connectivity index (χ1n) is 5.70. The number of hydrogen-bond donors (Lipinski definition) is 2. The fraction of sp³-hybridized carbons (Fsp3) is 0.385. The Labute approximate surface area is 117 Å². The van der Waals surface area contributed by atoms with Crippen molar-refractivity contribution < 1.29 is 14.3 Å². The van der Waals surface area contributed by atoms with Gasteiger partial charge in [0.15, 0.2) is 0 Å². The second-order valence-corrected chi connectivity index (χ2v) is 5.44. The van der Waals surface area contributed by atoms with Gasteiger partial charge in [0.2, 0.25) is 5.91 Å². The Morgan fingerprint density at radius 3 is 2.37 bits per heavy atom. The monoisotopic (exact) mass is 284 g/mol. The summed E-state index contributed by atoms with van der Waals surface area (Å²) in [6.07, 6.45) is 0. The van der Waals surface area contributed by atoms with Gasteiger partial charge in [0.25, 0.3) is 5.91 Å². The quantitative estimate of drug-likeness (QED) is 0.818. The van der Waals surface area contributed by atoms with E-state index in [-0.39, 0.29) is 11.5 Å². The summed E-state index contributed by atoms with van der Waals surface area (Å²) in [4.78, 5) is 23.6. The molecule has 104 valence electrons. The van der Waals surface area contributed by atoms with Gasteiger partial charge in [0, 0.05) is 10.4 Å². The fourth-order valence-corrected chi connectivity index (χ4v) is 1.40. The van der Waals surface area contributed by atoms with E-state index < -0.39 is 11.3 Å². The number of ether oxygens (including phenoxy) is 1. The van der Waals surface area contributed by atoms with Crippen LogP contribution in [-0.2, 0) is 4.79 Å². The third kappa shape index (κ3) is 4.13. The molecule has 0 fully saturated rings. The van der Waals surface area contributed by atoms with Crippen molar-refractivity contribution in [2.24, 2.45) is 5.41 Å². The van der Waals surface area contributed by atoms with Gasteiger partial charge in [0.1, 0.15) is 5.75 Å². The lowest BCUT2D eigenvalue weighted by Gasteiger charge is -2.18. The van der Waals surface area contributed by atoms with E-state index in [0.29, 0.717) is 10.8 Å². The molecule has 1 aromatic carbocycles. The zero-order valence-electron chi connectivity index (χ0n) is 11.3. The lowest BCUT2D eigenvalue weighted by atomic mass is 9.96. The molecule has 2 N–H and O–H groups in total. The molecular formula is C13H17ClN2O3. The van der Waals surface area contributed by atoms with Crippen molar-refractivity contribution in [2.45, 2.75) is 20.8 Å². The first-order chi connectivity index (χ1) is 8.75. The molecular weight excluding hydrogens is 268 g/mol. The minimum absolute atomic E-state index is 0.254. The second kappa shape index (κ2) is 5.93. The van der Waals surface area contributed by atoms with Gasteiger partial charge in [-0.25, -0.2) is 0 Å². The van der Waals surface area contributed by atoms with Crippen molar-refractivity contribution in [2.75, 3.05) is 7.11 Å². The molecule has 0 spiro atoms. The maximum absolute atomic E-state index is 11.9. The van der Waals surface area contributed by atoms with Crippen molar-refractivity contribution in [3.63, 3.8) is 0 Å². The maximum atomic E-state index is 11.9. The number of hydrazine groups is 1. The van der Waals surface area contributed by atoms with Crippen molar-refractivity contribution in [3.05, 3.63) is 28.8 Å². The van der Waals surface area contributed by atoms with E-state index in [1.165, 1.54) is 13.2 Å². The van der Waals surface area contributed by atoms with Crippen molar-refractivity contribution in [1.29, 1.82) is 0 Å². The molecule has 0 bridgehead atoms. The van der Waals surface area contributed by atoms with Crippen LogP contribution >= 0.6 is 11.6 Å². The van der Waals surface area contributed by atoms with Crippen LogP contribution in [0.1, 0.15) is 31.1 Å². The lowest BCUT2D eigenvalue weighted by molar-refractivity contribution is -0.129. The van der Waals surface area contributed by atoms with Gasteiger partial charge >= 0.3 is 0 Å². The van der Waals surface area contributed by atoms with Crippen LogP contribution in [-0.4, -0.2) is 18.9 Å². The largest absolute Gasteiger partial charge is 0.496 e. The van der Waals surface area contributed by atoms with Crippen LogP contribution in [0.25, 0.3) is 0 Å². The number of halogens is 1. The Kier molecular flexibility index (Phi) is 4.78. The highest BCUT2D eigenvalue weighted by atomic mass is 35.5. The third-order valence-corrected chi connectivity index (χ3v) is 2.61. The zero-order valence-corrected chi connectivity index (χ0v) is 12.1. The normalized spacial score (nSPS) is 10.8. The average Bonchev–Trinajstić information content (AvgIpc) is 2.34. The van der Waals surface area contributed by atoms with E-state index in [1.54, 1.807) is 32.9 Å². The molecule has 1 aromatic rings. The summed E-state index contributed by atoms with van der Waals surface area (Å²) in [7, 11) is 1.45. The molecule has 19 heavy (non-hydrogen) atoms. The standard InChI is InChI=1S/C13H17ClN2O3/c1-13(2,3)12(18)16-15-11(17)9-7-8(14)5-6-10(9)19-4/h5-7H,1-4H3,(H,15,17)(H,16,18). The predicted molar refractivity (Wildman–Crippen MR) is 73.1 cm³/mol. The number of rotatable bonds is 2. The number of benzene rings is 1. The number of amides is 2. The van der Waals surface area contributed by atoms with Crippen molar-refractivity contribution >= 4 is 23.4 Å². The van der Waals surface area contributed by atoms with Gasteiger partial charge in [-0.3, -0.25) is 20.4 Å². The SMILES string of the molecule is COc1ccc(Cl)cc1C(=O)NNC(=O)C(C)(C)C. The summed E-state index contributed by atoms with van der Waals surface area (Å²) < 4.78 is 5.06. The molecule has 0 aliphatic carbocycles. The fourth-order valence-electron chi connectivity index (χ4n) is 1.23. The zero-order chi connectivity index (χ0) is 14.6. The topological polar surface area (TPSA) is 67.4 Å². The smallest absolute Gasteiger partial charge is 0.273 e. The van der Waals surface area contributed by atoms with Gasteiger partial charge in [-0.1, -0.05) is 32.4 Å². The molecule has 0 radical (unpaired) electrons. The number of carbonyl (C=O) groups is 2. The molecule has 5 nitrogen and oxygen atoms in total. The molecule has 0 aromatic heterocycles. The molecule has 0 aliphatic heterocycles. The summed E-state index contributed by atoms with van der Waals surface area (Å²) in [5.41, 5.74) is 4.35. The molecule has 6 heteroatoms. The van der Waals surface area contributed by atoms with Gasteiger partial charge < -0.3 is 4.74 Å². The second-order valence-electron chi connectivity index (χ2n) is 5.00. The molecule has 0 unspecified atom stereocenters. The number of nitrogens with one attached hydrogen (secondary N) is 2. The Morgan fingerprint density at radius 2 is 1.84 bits per heavy atom. The van der Waals surface area contributed by atoms with Crippen LogP contribution in [0, 0.1) is 5.41 Å².